The molecule has 1 aliphatic heterocycles. The molecular formula is C32H39N5O7. The Morgan fingerprint density at radius 3 is 2.57 bits per heavy atom. The highest BCUT2D eigenvalue weighted by Crippen LogP contribution is 2.50. The van der Waals surface area contributed by atoms with Crippen LogP contribution in [0.25, 0.3) is 5.57 Å². The summed E-state index contributed by atoms with van der Waals surface area (Å²) in [7, 11) is 3.16. The van der Waals surface area contributed by atoms with E-state index in [4.69, 9.17) is 24.0 Å². The lowest BCUT2D eigenvalue weighted by Crippen LogP contribution is -2.42. The number of nitrogens with zero attached hydrogens (tertiary/aromatic N) is 2. The van der Waals surface area contributed by atoms with Gasteiger partial charge in [-0.05, 0) is 66.9 Å². The molecule has 0 saturated heterocycles. The van der Waals surface area contributed by atoms with Gasteiger partial charge in [0.25, 0.3) is 0 Å². The van der Waals surface area contributed by atoms with Gasteiger partial charge in [-0.25, -0.2) is 15.0 Å². The summed E-state index contributed by atoms with van der Waals surface area (Å²) >= 11 is 0. The molecule has 0 fully saturated rings. The van der Waals surface area contributed by atoms with Crippen molar-refractivity contribution >= 4 is 29.3 Å². The number of aryl methyl sites for hydroxylation is 1. The Morgan fingerprint density at radius 1 is 1.05 bits per heavy atom. The van der Waals surface area contributed by atoms with Crippen molar-refractivity contribution in [1.29, 1.82) is 0 Å². The van der Waals surface area contributed by atoms with E-state index >= 15 is 0 Å². The summed E-state index contributed by atoms with van der Waals surface area (Å²) in [5.41, 5.74) is 9.39. The van der Waals surface area contributed by atoms with Gasteiger partial charge >= 0.3 is 12.1 Å². The maximum absolute atomic E-state index is 12.3. The van der Waals surface area contributed by atoms with Gasteiger partial charge in [0, 0.05) is 25.1 Å². The van der Waals surface area contributed by atoms with E-state index in [1.807, 2.05) is 36.4 Å². The highest BCUT2D eigenvalue weighted by atomic mass is 16.6. The summed E-state index contributed by atoms with van der Waals surface area (Å²) in [6, 6.07) is 9.90. The molecule has 1 heterocycles. The quantitative estimate of drug-likeness (QED) is 0.278. The summed E-state index contributed by atoms with van der Waals surface area (Å²) < 4.78 is 23.0. The maximum Gasteiger partial charge on any atom is 0.408 e. The fourth-order valence-corrected chi connectivity index (χ4v) is 5.73. The molecule has 2 aromatic carbocycles. The number of carboxylic acid groups (broad SMARTS) is 1. The molecule has 234 valence electrons. The zero-order chi connectivity index (χ0) is 30.9. The van der Waals surface area contributed by atoms with Crippen molar-refractivity contribution in [2.45, 2.75) is 57.6 Å². The van der Waals surface area contributed by atoms with Crippen molar-refractivity contribution in [1.82, 2.24) is 16.1 Å². The second-order valence-electron chi connectivity index (χ2n) is 10.7. The Balaban J connectivity index is 1.30. The van der Waals surface area contributed by atoms with Crippen LogP contribution in [0.2, 0.25) is 0 Å². The van der Waals surface area contributed by atoms with Crippen LogP contribution in [-0.4, -0.2) is 68.8 Å². The number of rotatable bonds is 11. The zero-order valence-electron chi connectivity index (χ0n) is 25.1. The minimum Gasteiger partial charge on any atom is -0.492 e. The number of fused-ring (bicyclic) bond motifs is 2. The largest absolute Gasteiger partial charge is 0.492 e. The van der Waals surface area contributed by atoms with Crippen molar-refractivity contribution in [3.63, 3.8) is 0 Å². The lowest BCUT2D eigenvalue weighted by atomic mass is 9.95. The summed E-state index contributed by atoms with van der Waals surface area (Å²) in [6.45, 7) is 1.69. The van der Waals surface area contributed by atoms with Crippen LogP contribution >= 0.6 is 0 Å². The normalized spacial score (nSPS) is 17.3. The SMILES string of the molecule is COc1c(OCCC(NC(=O)OCc2ccccc2)C(=O)O)cc2c(c1OC)C1=C(CCC1)C(=NNC1=NCCCN1)CC2. The number of hydrogen-bond donors (Lipinski definition) is 4. The number of ether oxygens (including phenoxy) is 4. The van der Waals surface area contributed by atoms with Crippen molar-refractivity contribution in [2.24, 2.45) is 10.1 Å². The first-order chi connectivity index (χ1) is 21.5. The molecule has 2 aromatic rings. The third-order valence-corrected chi connectivity index (χ3v) is 7.85. The Kier molecular flexibility index (Phi) is 10.2. The summed E-state index contributed by atoms with van der Waals surface area (Å²) in [5, 5.41) is 20.1. The van der Waals surface area contributed by atoms with Gasteiger partial charge < -0.3 is 34.7 Å². The molecule has 0 bridgehead atoms. The monoisotopic (exact) mass is 605 g/mol. The van der Waals surface area contributed by atoms with Crippen LogP contribution in [0.3, 0.4) is 0 Å². The van der Waals surface area contributed by atoms with Gasteiger partial charge in [-0.1, -0.05) is 30.3 Å². The molecule has 12 heteroatoms. The van der Waals surface area contributed by atoms with E-state index in [2.05, 4.69) is 21.1 Å². The van der Waals surface area contributed by atoms with E-state index in [-0.39, 0.29) is 19.6 Å². The predicted molar refractivity (Wildman–Crippen MR) is 165 cm³/mol. The number of allylic oxidation sites excluding steroid dienone is 2. The molecule has 44 heavy (non-hydrogen) atoms. The minimum absolute atomic E-state index is 0.00786. The van der Waals surface area contributed by atoms with Crippen LogP contribution in [0.4, 0.5) is 4.79 Å². The number of methoxy groups -OCH3 is 2. The molecule has 0 saturated carbocycles. The lowest BCUT2D eigenvalue weighted by Gasteiger charge is -2.21. The predicted octanol–water partition coefficient (Wildman–Crippen LogP) is 4.03. The van der Waals surface area contributed by atoms with Gasteiger partial charge in [0.15, 0.2) is 11.5 Å². The highest BCUT2D eigenvalue weighted by molar-refractivity contribution is 6.09. The summed E-state index contributed by atoms with van der Waals surface area (Å²) in [4.78, 5) is 28.6. The van der Waals surface area contributed by atoms with Crippen molar-refractivity contribution in [2.75, 3.05) is 33.9 Å². The molecular weight excluding hydrogens is 566 g/mol. The smallest absolute Gasteiger partial charge is 0.408 e. The molecule has 1 amide bonds. The number of hydrazone groups is 1. The van der Waals surface area contributed by atoms with Crippen molar-refractivity contribution in [3.05, 3.63) is 58.7 Å². The van der Waals surface area contributed by atoms with Gasteiger partial charge in [0.05, 0.1) is 26.5 Å². The first kappa shape index (κ1) is 30.7. The highest BCUT2D eigenvalue weighted by Gasteiger charge is 2.31. The number of carbonyl (C=O) groups is 2. The zero-order valence-corrected chi connectivity index (χ0v) is 25.1. The van der Waals surface area contributed by atoms with Crippen LogP contribution in [-0.2, 0) is 22.6 Å². The Bertz CT molecular complexity index is 1450. The van der Waals surface area contributed by atoms with E-state index in [9.17, 15) is 14.7 Å². The molecule has 5 rings (SSSR count). The number of aliphatic imine (C=N–C) groups is 1. The Hall–Kier alpha value is -4.74. The summed E-state index contributed by atoms with van der Waals surface area (Å²) in [6.07, 6.45) is 4.46. The maximum atomic E-state index is 12.3. The first-order valence-electron chi connectivity index (χ1n) is 14.9. The lowest BCUT2D eigenvalue weighted by molar-refractivity contribution is -0.139. The van der Waals surface area contributed by atoms with E-state index in [0.29, 0.717) is 29.6 Å². The third-order valence-electron chi connectivity index (χ3n) is 7.85. The van der Waals surface area contributed by atoms with E-state index in [1.165, 1.54) is 11.1 Å². The number of benzene rings is 2. The third kappa shape index (κ3) is 7.24. The summed E-state index contributed by atoms with van der Waals surface area (Å²) in [5.74, 6) is 0.968. The standard InChI is InChI=1S/C32H39N5O7/c1-41-28-26(43-17-14-25(30(38)39)35-32(40)44-19-20-8-4-3-5-9-20)18-21-12-13-24(36-37-31-33-15-7-16-34-31)22-10-6-11-23(22)27(21)29(28)42-2/h3-5,8-9,18,25H,6-7,10-17,19H2,1-2H3,(H,35,40)(H,38,39)(H2,33,34,37). The number of aliphatic carboxylic acids is 1. The molecule has 1 unspecified atom stereocenters. The molecule has 2 aliphatic carbocycles. The van der Waals surface area contributed by atoms with Gasteiger partial charge in [-0.2, -0.15) is 5.10 Å². The van der Waals surface area contributed by atoms with E-state index in [0.717, 1.165) is 67.6 Å². The second kappa shape index (κ2) is 14.6. The number of guanidine groups is 1. The average Bonchev–Trinajstić information content (AvgIpc) is 3.47. The number of carbonyl (C=O) groups excluding carboxylic acids is 1. The fourth-order valence-electron chi connectivity index (χ4n) is 5.73. The first-order valence-corrected chi connectivity index (χ1v) is 14.9. The Labute approximate surface area is 256 Å². The fraction of sp³-hybridized carbons (Fsp3) is 0.438. The number of alkyl carbamates (subject to hydrolysis) is 1. The van der Waals surface area contributed by atoms with Crippen LogP contribution < -0.4 is 30.3 Å². The van der Waals surface area contributed by atoms with E-state index in [1.54, 1.807) is 14.2 Å². The van der Waals surface area contributed by atoms with Crippen LogP contribution in [0.1, 0.15) is 55.2 Å². The molecule has 12 nitrogen and oxygen atoms in total. The van der Waals surface area contributed by atoms with Gasteiger partial charge in [0.1, 0.15) is 12.6 Å². The number of nitrogens with one attached hydrogen (secondary N) is 3. The molecule has 0 spiro atoms. The van der Waals surface area contributed by atoms with E-state index < -0.39 is 18.1 Å². The Morgan fingerprint density at radius 2 is 1.84 bits per heavy atom. The number of amides is 1. The van der Waals surface area contributed by atoms with Crippen LogP contribution in [0, 0.1) is 0 Å². The molecule has 0 aromatic heterocycles. The van der Waals surface area contributed by atoms with Gasteiger partial charge in [-0.3, -0.25) is 4.99 Å². The number of hydrogen-bond acceptors (Lipinski definition) is 10. The van der Waals surface area contributed by atoms with Crippen molar-refractivity contribution < 1.29 is 33.6 Å². The minimum atomic E-state index is -1.20. The van der Waals surface area contributed by atoms with Crippen LogP contribution in [0.5, 0.6) is 17.2 Å². The number of carboxylic acids is 1. The van der Waals surface area contributed by atoms with Crippen LogP contribution in [0.15, 0.2) is 52.1 Å². The van der Waals surface area contributed by atoms with Crippen molar-refractivity contribution in [3.8, 4) is 17.2 Å². The van der Waals surface area contributed by atoms with Gasteiger partial charge in [-0.15, -0.1) is 0 Å². The molecule has 3 aliphatic rings. The second-order valence-corrected chi connectivity index (χ2v) is 10.7. The molecule has 4 N–H and O–H groups in total. The molecule has 0 radical (unpaired) electrons. The van der Waals surface area contributed by atoms with Gasteiger partial charge in [0.2, 0.25) is 11.7 Å². The molecule has 1 atom stereocenters. The average molecular weight is 606 g/mol. The topological polar surface area (TPSA) is 152 Å².